The maximum atomic E-state index is 12.4. The van der Waals surface area contributed by atoms with Crippen LogP contribution in [0.25, 0.3) is 11.2 Å². The monoisotopic (exact) mass is 384 g/mol. The van der Waals surface area contributed by atoms with E-state index in [-0.39, 0.29) is 11.4 Å². The van der Waals surface area contributed by atoms with Crippen LogP contribution < -0.4 is 16.7 Å². The summed E-state index contributed by atoms with van der Waals surface area (Å²) in [6.07, 6.45) is 0.824. The smallest absolute Gasteiger partial charge is 0.329 e. The number of phenolic OH excluding ortho intramolecular Hbond substituents is 1. The Morgan fingerprint density at radius 2 is 2.04 bits per heavy atom. The van der Waals surface area contributed by atoms with Crippen LogP contribution in [0.5, 0.6) is 5.75 Å². The first-order valence-electron chi connectivity index (χ1n) is 9.07. The number of fused-ring (bicyclic) bond motifs is 1. The van der Waals surface area contributed by atoms with Gasteiger partial charge in [-0.25, -0.2) is 10.2 Å². The number of imidazole rings is 1. The van der Waals surface area contributed by atoms with Crippen LogP contribution >= 0.6 is 0 Å². The standard InChI is InChI=1S/C19H24N6O3/c1-11(2)9-10-25-15-16(24(4)19(28)21-17(15)27)20-18(25)23-22-12(3)13-7-5-6-8-14(13)26/h5-8,11,26H,9-10H2,1-4H3,(H,20,23)(H,21,27,28)/b22-12+. The Kier molecular flexibility index (Phi) is 5.34. The first kappa shape index (κ1) is 19.4. The number of aromatic nitrogens is 4. The van der Waals surface area contributed by atoms with Crippen molar-refractivity contribution in [1.82, 2.24) is 19.1 Å². The molecule has 0 fully saturated rings. The molecular weight excluding hydrogens is 360 g/mol. The summed E-state index contributed by atoms with van der Waals surface area (Å²) in [4.78, 5) is 31.1. The van der Waals surface area contributed by atoms with Gasteiger partial charge >= 0.3 is 5.69 Å². The lowest BCUT2D eigenvalue weighted by Gasteiger charge is -2.10. The predicted molar refractivity (Wildman–Crippen MR) is 109 cm³/mol. The zero-order chi connectivity index (χ0) is 20.4. The molecule has 3 rings (SSSR count). The second-order valence-electron chi connectivity index (χ2n) is 7.09. The molecule has 2 heterocycles. The fraction of sp³-hybridized carbons (Fsp3) is 0.368. The fourth-order valence-corrected chi connectivity index (χ4v) is 2.90. The van der Waals surface area contributed by atoms with Gasteiger partial charge in [0.2, 0.25) is 5.95 Å². The summed E-state index contributed by atoms with van der Waals surface area (Å²) in [6, 6.07) is 6.88. The molecule has 3 aromatic rings. The highest BCUT2D eigenvalue weighted by molar-refractivity contribution is 6.01. The molecule has 0 spiro atoms. The number of nitrogens with one attached hydrogen (secondary N) is 2. The Morgan fingerprint density at radius 1 is 1.32 bits per heavy atom. The first-order valence-corrected chi connectivity index (χ1v) is 9.07. The lowest BCUT2D eigenvalue weighted by atomic mass is 10.1. The Labute approximate surface area is 161 Å². The van der Waals surface area contributed by atoms with Crippen molar-refractivity contribution in [1.29, 1.82) is 0 Å². The third-order valence-electron chi connectivity index (χ3n) is 4.55. The van der Waals surface area contributed by atoms with Gasteiger partial charge in [0.25, 0.3) is 5.56 Å². The highest BCUT2D eigenvalue weighted by Crippen LogP contribution is 2.19. The van der Waals surface area contributed by atoms with E-state index in [4.69, 9.17) is 0 Å². The number of anilines is 1. The zero-order valence-corrected chi connectivity index (χ0v) is 16.4. The van der Waals surface area contributed by atoms with E-state index in [9.17, 15) is 14.7 Å². The van der Waals surface area contributed by atoms with Gasteiger partial charge in [0.15, 0.2) is 11.2 Å². The van der Waals surface area contributed by atoms with E-state index in [1.165, 1.54) is 4.57 Å². The summed E-state index contributed by atoms with van der Waals surface area (Å²) < 4.78 is 3.03. The SMILES string of the molecule is C/C(=N\Nc1nc2c(c(=O)[nH]c(=O)n2C)n1CCC(C)C)c1ccccc1O. The van der Waals surface area contributed by atoms with Gasteiger partial charge in [0, 0.05) is 19.2 Å². The molecule has 0 amide bonds. The van der Waals surface area contributed by atoms with E-state index in [1.54, 1.807) is 42.8 Å². The number of hydrazone groups is 1. The van der Waals surface area contributed by atoms with Crippen molar-refractivity contribution in [3.8, 4) is 5.75 Å². The highest BCUT2D eigenvalue weighted by atomic mass is 16.3. The van der Waals surface area contributed by atoms with Gasteiger partial charge in [-0.2, -0.15) is 10.1 Å². The molecule has 0 atom stereocenters. The normalized spacial score (nSPS) is 12.1. The Balaban J connectivity index is 2.08. The van der Waals surface area contributed by atoms with Crippen molar-refractivity contribution in [3.63, 3.8) is 0 Å². The lowest BCUT2D eigenvalue weighted by molar-refractivity contribution is 0.474. The predicted octanol–water partition coefficient (Wildman–Crippen LogP) is 2.01. The Bertz CT molecular complexity index is 1150. The topological polar surface area (TPSA) is 117 Å². The number of benzene rings is 1. The average molecular weight is 384 g/mol. The Hall–Kier alpha value is -3.36. The van der Waals surface area contributed by atoms with Crippen molar-refractivity contribution in [2.45, 2.75) is 33.7 Å². The fourth-order valence-electron chi connectivity index (χ4n) is 2.90. The van der Waals surface area contributed by atoms with Gasteiger partial charge in [-0.1, -0.05) is 26.0 Å². The van der Waals surface area contributed by atoms with E-state index in [2.05, 4.69) is 34.3 Å². The minimum atomic E-state index is -0.522. The van der Waals surface area contributed by atoms with E-state index in [0.717, 1.165) is 6.42 Å². The Morgan fingerprint density at radius 3 is 2.71 bits per heavy atom. The van der Waals surface area contributed by atoms with Crippen LogP contribution in [0.1, 0.15) is 32.8 Å². The summed E-state index contributed by atoms with van der Waals surface area (Å²) >= 11 is 0. The van der Waals surface area contributed by atoms with Crippen LogP contribution in [-0.2, 0) is 13.6 Å². The maximum Gasteiger partial charge on any atom is 0.329 e. The van der Waals surface area contributed by atoms with Crippen LogP contribution in [0.4, 0.5) is 5.95 Å². The molecule has 0 unspecified atom stereocenters. The number of rotatable bonds is 6. The molecule has 0 aliphatic rings. The zero-order valence-electron chi connectivity index (χ0n) is 16.4. The quantitative estimate of drug-likeness (QED) is 0.444. The molecule has 0 bridgehead atoms. The van der Waals surface area contributed by atoms with Crippen LogP contribution in [0.2, 0.25) is 0 Å². The van der Waals surface area contributed by atoms with E-state index in [0.29, 0.717) is 35.2 Å². The van der Waals surface area contributed by atoms with Crippen molar-refractivity contribution < 1.29 is 5.11 Å². The number of hydrogen-bond donors (Lipinski definition) is 3. The van der Waals surface area contributed by atoms with Crippen LogP contribution in [-0.4, -0.2) is 29.9 Å². The number of nitrogens with zero attached hydrogens (tertiary/aromatic N) is 4. The summed E-state index contributed by atoms with van der Waals surface area (Å²) in [5.41, 5.74) is 3.64. The molecule has 0 aliphatic carbocycles. The minimum absolute atomic E-state index is 0.123. The highest BCUT2D eigenvalue weighted by Gasteiger charge is 2.17. The molecule has 28 heavy (non-hydrogen) atoms. The largest absolute Gasteiger partial charge is 0.507 e. The third kappa shape index (κ3) is 3.68. The molecule has 3 N–H and O–H groups in total. The molecular formula is C19H24N6O3. The lowest BCUT2D eigenvalue weighted by Crippen LogP contribution is -2.29. The summed E-state index contributed by atoms with van der Waals surface area (Å²) in [6.45, 7) is 6.48. The first-order chi connectivity index (χ1) is 13.3. The number of phenols is 1. The van der Waals surface area contributed by atoms with Crippen LogP contribution in [0, 0.1) is 5.92 Å². The van der Waals surface area contributed by atoms with Crippen molar-refractivity contribution in [3.05, 3.63) is 50.7 Å². The van der Waals surface area contributed by atoms with E-state index < -0.39 is 11.2 Å². The number of aromatic amines is 1. The van der Waals surface area contributed by atoms with Gasteiger partial charge in [-0.3, -0.25) is 14.3 Å². The molecule has 0 aliphatic heterocycles. The molecule has 9 heteroatoms. The van der Waals surface area contributed by atoms with Crippen molar-refractivity contribution in [2.75, 3.05) is 5.43 Å². The van der Waals surface area contributed by atoms with Crippen LogP contribution in [0.3, 0.4) is 0 Å². The van der Waals surface area contributed by atoms with Crippen molar-refractivity contribution >= 4 is 22.8 Å². The summed E-state index contributed by atoms with van der Waals surface area (Å²) in [5, 5.41) is 14.3. The second-order valence-corrected chi connectivity index (χ2v) is 7.09. The van der Waals surface area contributed by atoms with E-state index >= 15 is 0 Å². The molecule has 148 valence electrons. The van der Waals surface area contributed by atoms with Gasteiger partial charge in [0.1, 0.15) is 5.75 Å². The van der Waals surface area contributed by atoms with E-state index in [1.807, 2.05) is 0 Å². The number of hydrogen-bond acceptors (Lipinski definition) is 6. The number of aryl methyl sites for hydroxylation is 2. The third-order valence-corrected chi connectivity index (χ3v) is 4.55. The van der Waals surface area contributed by atoms with Gasteiger partial charge < -0.3 is 9.67 Å². The molecule has 9 nitrogen and oxygen atoms in total. The van der Waals surface area contributed by atoms with Crippen LogP contribution in [0.15, 0.2) is 39.0 Å². The molecule has 0 saturated carbocycles. The van der Waals surface area contributed by atoms with Gasteiger partial charge in [-0.15, -0.1) is 0 Å². The number of H-pyrrole nitrogens is 1. The van der Waals surface area contributed by atoms with Crippen molar-refractivity contribution in [2.24, 2.45) is 18.1 Å². The molecule has 2 aromatic heterocycles. The minimum Gasteiger partial charge on any atom is -0.507 e. The second kappa shape index (κ2) is 7.71. The summed E-state index contributed by atoms with van der Waals surface area (Å²) in [5.74, 6) is 0.901. The summed E-state index contributed by atoms with van der Waals surface area (Å²) in [7, 11) is 1.56. The average Bonchev–Trinajstić information content (AvgIpc) is 3.02. The van der Waals surface area contributed by atoms with Gasteiger partial charge in [0.05, 0.1) is 5.71 Å². The maximum absolute atomic E-state index is 12.4. The molecule has 1 aromatic carbocycles. The number of aromatic hydroxyl groups is 1. The molecule has 0 radical (unpaired) electrons. The number of para-hydroxylation sites is 1. The van der Waals surface area contributed by atoms with Gasteiger partial charge in [-0.05, 0) is 31.4 Å². The molecule has 0 saturated heterocycles.